The third-order valence-corrected chi connectivity index (χ3v) is 5.27. The Bertz CT molecular complexity index is 988. The molecular weight excluding hydrogens is 432 g/mol. The molecule has 0 unspecified atom stereocenters. The fourth-order valence-electron chi connectivity index (χ4n) is 2.19. The van der Waals surface area contributed by atoms with E-state index in [4.69, 9.17) is 15.2 Å². The third kappa shape index (κ3) is 3.54. The number of halogens is 3. The van der Waals surface area contributed by atoms with E-state index in [1.807, 2.05) is 24.3 Å². The van der Waals surface area contributed by atoms with Gasteiger partial charge in [-0.2, -0.15) is 0 Å². The van der Waals surface area contributed by atoms with Crippen LogP contribution in [0, 0.1) is 11.6 Å². The van der Waals surface area contributed by atoms with E-state index in [1.165, 1.54) is 11.3 Å². The molecule has 2 aromatic carbocycles. The fraction of sp³-hybridized carbons (Fsp3) is 0.0588. The van der Waals surface area contributed by atoms with Crippen LogP contribution in [-0.2, 0) is 4.74 Å². The molecule has 0 spiro atoms. The Balaban J connectivity index is 1.70. The van der Waals surface area contributed by atoms with Gasteiger partial charge in [0, 0.05) is 4.70 Å². The SMILES string of the molecule is NC(=O)c1cc(F)c(OCOC(=O)c2cc3ccccc3s2)c(F)c1Br. The molecule has 134 valence electrons. The predicted molar refractivity (Wildman–Crippen MR) is 95.3 cm³/mol. The van der Waals surface area contributed by atoms with Crippen molar-refractivity contribution in [2.75, 3.05) is 6.79 Å². The summed E-state index contributed by atoms with van der Waals surface area (Å²) in [6.45, 7) is -0.705. The lowest BCUT2D eigenvalue weighted by atomic mass is 10.2. The lowest BCUT2D eigenvalue weighted by Crippen LogP contribution is -2.15. The van der Waals surface area contributed by atoms with E-state index in [0.29, 0.717) is 4.88 Å². The Kier molecular flexibility index (Phi) is 5.19. The second kappa shape index (κ2) is 7.38. The van der Waals surface area contributed by atoms with Crippen molar-refractivity contribution in [1.82, 2.24) is 0 Å². The zero-order valence-electron chi connectivity index (χ0n) is 12.9. The summed E-state index contributed by atoms with van der Waals surface area (Å²) in [4.78, 5) is 23.5. The smallest absolute Gasteiger partial charge is 0.351 e. The van der Waals surface area contributed by atoms with Crippen LogP contribution < -0.4 is 10.5 Å². The number of rotatable bonds is 5. The molecule has 26 heavy (non-hydrogen) atoms. The number of carbonyl (C=O) groups excluding carboxylic acids is 2. The number of ether oxygens (including phenoxy) is 2. The zero-order valence-corrected chi connectivity index (χ0v) is 15.3. The highest BCUT2D eigenvalue weighted by Gasteiger charge is 2.21. The summed E-state index contributed by atoms with van der Waals surface area (Å²) in [6, 6.07) is 9.78. The van der Waals surface area contributed by atoms with E-state index in [-0.39, 0.29) is 10.0 Å². The van der Waals surface area contributed by atoms with Gasteiger partial charge in [-0.25, -0.2) is 13.6 Å². The van der Waals surface area contributed by atoms with Crippen LogP contribution in [-0.4, -0.2) is 18.7 Å². The van der Waals surface area contributed by atoms with Gasteiger partial charge in [0.25, 0.3) is 0 Å². The number of amides is 1. The topological polar surface area (TPSA) is 78.6 Å². The van der Waals surface area contributed by atoms with Crippen LogP contribution in [0.15, 0.2) is 40.9 Å². The Hall–Kier alpha value is -2.52. The second-order valence-corrected chi connectivity index (χ2v) is 6.95. The van der Waals surface area contributed by atoms with Gasteiger partial charge in [0.2, 0.25) is 12.7 Å². The summed E-state index contributed by atoms with van der Waals surface area (Å²) >= 11 is 4.04. The summed E-state index contributed by atoms with van der Waals surface area (Å²) in [5.74, 6) is -4.77. The van der Waals surface area contributed by atoms with Gasteiger partial charge in [-0.05, 0) is 39.5 Å². The van der Waals surface area contributed by atoms with Crippen molar-refractivity contribution in [2.45, 2.75) is 0 Å². The highest BCUT2D eigenvalue weighted by molar-refractivity contribution is 9.10. The quantitative estimate of drug-likeness (QED) is 0.365. The average molecular weight is 442 g/mol. The predicted octanol–water partition coefficient (Wildman–Crippen LogP) is 4.23. The van der Waals surface area contributed by atoms with E-state index in [1.54, 1.807) is 6.07 Å². The minimum atomic E-state index is -1.16. The summed E-state index contributed by atoms with van der Waals surface area (Å²) in [5, 5.41) is 0.883. The highest BCUT2D eigenvalue weighted by Crippen LogP contribution is 2.32. The minimum Gasteiger partial charge on any atom is -0.451 e. The minimum absolute atomic E-state index is 0.334. The van der Waals surface area contributed by atoms with Gasteiger partial charge >= 0.3 is 5.97 Å². The van der Waals surface area contributed by atoms with E-state index < -0.39 is 36.1 Å². The van der Waals surface area contributed by atoms with Crippen molar-refractivity contribution < 1.29 is 27.8 Å². The van der Waals surface area contributed by atoms with Gasteiger partial charge < -0.3 is 15.2 Å². The monoisotopic (exact) mass is 441 g/mol. The molecule has 0 atom stereocenters. The van der Waals surface area contributed by atoms with E-state index >= 15 is 0 Å². The maximum absolute atomic E-state index is 14.1. The largest absolute Gasteiger partial charge is 0.451 e. The lowest BCUT2D eigenvalue weighted by molar-refractivity contribution is 0.0135. The van der Waals surface area contributed by atoms with Crippen LogP contribution in [0.1, 0.15) is 20.0 Å². The lowest BCUT2D eigenvalue weighted by Gasteiger charge is -2.11. The number of thiophene rings is 1. The number of carbonyl (C=O) groups is 2. The Labute approximate surface area is 158 Å². The van der Waals surface area contributed by atoms with Crippen molar-refractivity contribution in [1.29, 1.82) is 0 Å². The molecule has 3 rings (SSSR count). The number of nitrogens with two attached hydrogens (primary N) is 1. The first kappa shape index (κ1) is 18.3. The van der Waals surface area contributed by atoms with Gasteiger partial charge in [0.05, 0.1) is 10.0 Å². The van der Waals surface area contributed by atoms with Gasteiger partial charge in [-0.3, -0.25) is 4.79 Å². The van der Waals surface area contributed by atoms with Crippen molar-refractivity contribution >= 4 is 49.2 Å². The number of hydrogen-bond acceptors (Lipinski definition) is 5. The molecule has 0 fully saturated rings. The van der Waals surface area contributed by atoms with Crippen LogP contribution in [0.25, 0.3) is 10.1 Å². The Morgan fingerprint density at radius 1 is 1.19 bits per heavy atom. The molecule has 1 aromatic heterocycles. The maximum atomic E-state index is 14.1. The first-order valence-electron chi connectivity index (χ1n) is 7.14. The first-order valence-corrected chi connectivity index (χ1v) is 8.75. The molecule has 0 bridgehead atoms. The Morgan fingerprint density at radius 2 is 1.92 bits per heavy atom. The summed E-state index contributed by atoms with van der Waals surface area (Å²) in [7, 11) is 0. The molecule has 0 radical (unpaired) electrons. The van der Waals surface area contributed by atoms with Crippen LogP contribution >= 0.6 is 27.3 Å². The van der Waals surface area contributed by atoms with Crippen LogP contribution in [0.4, 0.5) is 8.78 Å². The zero-order chi connectivity index (χ0) is 18.8. The van der Waals surface area contributed by atoms with Gasteiger partial charge in [-0.15, -0.1) is 11.3 Å². The van der Waals surface area contributed by atoms with Crippen molar-refractivity contribution in [3.05, 3.63) is 62.9 Å². The van der Waals surface area contributed by atoms with Crippen molar-refractivity contribution in [2.24, 2.45) is 5.73 Å². The fourth-order valence-corrected chi connectivity index (χ4v) is 3.63. The molecular formula is C17H10BrF2NO4S. The van der Waals surface area contributed by atoms with Gasteiger partial charge in [0.1, 0.15) is 4.88 Å². The normalized spacial score (nSPS) is 10.7. The first-order chi connectivity index (χ1) is 12.4. The molecule has 3 aromatic rings. The number of primary amides is 1. The molecule has 0 aliphatic carbocycles. The average Bonchev–Trinajstić information content (AvgIpc) is 3.05. The second-order valence-electron chi connectivity index (χ2n) is 5.07. The molecule has 1 amide bonds. The maximum Gasteiger partial charge on any atom is 0.351 e. The molecule has 0 saturated heterocycles. The summed E-state index contributed by atoms with van der Waals surface area (Å²) in [5.41, 5.74) is 4.66. The van der Waals surface area contributed by atoms with E-state index in [2.05, 4.69) is 15.9 Å². The molecule has 5 nitrogen and oxygen atoms in total. The number of fused-ring (bicyclic) bond motifs is 1. The van der Waals surface area contributed by atoms with Crippen molar-refractivity contribution in [3.63, 3.8) is 0 Å². The molecule has 2 N–H and O–H groups in total. The molecule has 1 heterocycles. The van der Waals surface area contributed by atoms with Crippen LogP contribution in [0.2, 0.25) is 0 Å². The molecule has 0 aliphatic heterocycles. The third-order valence-electron chi connectivity index (χ3n) is 3.40. The van der Waals surface area contributed by atoms with Crippen LogP contribution in [0.3, 0.4) is 0 Å². The number of hydrogen-bond donors (Lipinski definition) is 1. The highest BCUT2D eigenvalue weighted by atomic mass is 79.9. The Morgan fingerprint density at radius 3 is 2.62 bits per heavy atom. The summed E-state index contributed by atoms with van der Waals surface area (Å²) < 4.78 is 38.4. The van der Waals surface area contributed by atoms with Gasteiger partial charge in [0.15, 0.2) is 17.4 Å². The van der Waals surface area contributed by atoms with Crippen molar-refractivity contribution in [3.8, 4) is 5.75 Å². The summed E-state index contributed by atoms with van der Waals surface area (Å²) in [6.07, 6.45) is 0. The molecule has 0 saturated carbocycles. The standard InChI is InChI=1S/C17H10BrF2NO4S/c18-13-9(16(21)22)6-10(19)15(14(13)20)24-7-25-17(23)12-5-8-3-1-2-4-11(8)26-12/h1-6H,7H2,(H2,21,22). The number of esters is 1. The molecule has 9 heteroatoms. The molecule has 0 aliphatic rings. The van der Waals surface area contributed by atoms with E-state index in [0.717, 1.165) is 16.2 Å². The van der Waals surface area contributed by atoms with Gasteiger partial charge in [-0.1, -0.05) is 18.2 Å². The number of benzene rings is 2. The van der Waals surface area contributed by atoms with Crippen LogP contribution in [0.5, 0.6) is 5.75 Å². The van der Waals surface area contributed by atoms with E-state index in [9.17, 15) is 18.4 Å².